The number of benzene rings is 2. The van der Waals surface area contributed by atoms with Crippen LogP contribution in [0.5, 0.6) is 23.0 Å². The van der Waals surface area contributed by atoms with E-state index in [1.165, 1.54) is 0 Å². The highest BCUT2D eigenvalue weighted by atomic mass is 16.5. The molecule has 1 atom stereocenters. The predicted molar refractivity (Wildman–Crippen MR) is 105 cm³/mol. The molecule has 7 nitrogen and oxygen atoms in total. The monoisotopic (exact) mass is 386 g/mol. The summed E-state index contributed by atoms with van der Waals surface area (Å²) in [5.41, 5.74) is 7.15. The van der Waals surface area contributed by atoms with Crippen LogP contribution in [0.1, 0.15) is 22.8 Å². The van der Waals surface area contributed by atoms with Gasteiger partial charge in [-0.25, -0.2) is 0 Å². The molecule has 1 heterocycles. The first kappa shape index (κ1) is 20.0. The van der Waals surface area contributed by atoms with Gasteiger partial charge in [0.15, 0.2) is 11.5 Å². The van der Waals surface area contributed by atoms with Crippen LogP contribution in [0, 0.1) is 0 Å². The zero-order valence-corrected chi connectivity index (χ0v) is 16.4. The molecule has 0 aromatic heterocycles. The Balaban J connectivity index is 1.93. The molecule has 2 aromatic carbocycles. The molecule has 3 rings (SSSR count). The van der Waals surface area contributed by atoms with Gasteiger partial charge in [0.05, 0.1) is 39.0 Å². The molecule has 1 amide bonds. The maximum atomic E-state index is 13.0. The predicted octanol–water partition coefficient (Wildman–Crippen LogP) is 2.82. The van der Waals surface area contributed by atoms with Crippen molar-refractivity contribution in [3.05, 3.63) is 47.5 Å². The second-order valence-electron chi connectivity index (χ2n) is 6.53. The van der Waals surface area contributed by atoms with E-state index in [4.69, 9.17) is 24.7 Å². The quantitative estimate of drug-likeness (QED) is 0.822. The van der Waals surface area contributed by atoms with Crippen LogP contribution >= 0.6 is 0 Å². The molecular formula is C21H26N2O5. The summed E-state index contributed by atoms with van der Waals surface area (Å²) in [6, 6.07) is 10.7. The van der Waals surface area contributed by atoms with Crippen LogP contribution in [-0.2, 0) is 11.3 Å². The van der Waals surface area contributed by atoms with Crippen LogP contribution < -0.4 is 19.9 Å². The first-order valence-corrected chi connectivity index (χ1v) is 9.19. The number of nitrogens with two attached hydrogens (primary N) is 1. The van der Waals surface area contributed by atoms with Gasteiger partial charge in [-0.2, -0.15) is 0 Å². The molecule has 0 unspecified atom stereocenters. The number of ether oxygens (including phenoxy) is 4. The maximum Gasteiger partial charge on any atom is 0.254 e. The molecule has 1 aliphatic heterocycles. The third-order valence-electron chi connectivity index (χ3n) is 4.77. The Hall–Kier alpha value is -2.77. The topological polar surface area (TPSA) is 83.2 Å². The first-order valence-electron chi connectivity index (χ1n) is 9.19. The molecule has 0 saturated carbocycles. The van der Waals surface area contributed by atoms with Crippen molar-refractivity contribution < 1.29 is 23.7 Å². The summed E-state index contributed by atoms with van der Waals surface area (Å²) in [6.07, 6.45) is 0. The fraction of sp³-hybridized carbons (Fsp3) is 0.381. The van der Waals surface area contributed by atoms with Gasteiger partial charge in [0.1, 0.15) is 11.5 Å². The Bertz CT molecular complexity index is 840. The fourth-order valence-corrected chi connectivity index (χ4v) is 3.24. The second-order valence-corrected chi connectivity index (χ2v) is 6.53. The minimum atomic E-state index is -0.0620. The van der Waals surface area contributed by atoms with Gasteiger partial charge in [0.25, 0.3) is 5.91 Å². The normalized spacial score (nSPS) is 16.6. The summed E-state index contributed by atoms with van der Waals surface area (Å²) in [6.45, 7) is 3.87. The summed E-state index contributed by atoms with van der Waals surface area (Å²) < 4.78 is 22.3. The maximum absolute atomic E-state index is 13.0. The molecule has 1 saturated heterocycles. The van der Waals surface area contributed by atoms with E-state index in [1.807, 2.05) is 30.0 Å². The first-order chi connectivity index (χ1) is 13.6. The summed E-state index contributed by atoms with van der Waals surface area (Å²) >= 11 is 0. The van der Waals surface area contributed by atoms with Gasteiger partial charge in [-0.15, -0.1) is 0 Å². The van der Waals surface area contributed by atoms with Crippen molar-refractivity contribution in [2.45, 2.75) is 19.5 Å². The van der Waals surface area contributed by atoms with E-state index in [2.05, 4.69) is 0 Å². The highest BCUT2D eigenvalue weighted by molar-refractivity contribution is 5.95. The van der Waals surface area contributed by atoms with Crippen molar-refractivity contribution in [2.75, 3.05) is 34.0 Å². The Labute approximate surface area is 164 Å². The zero-order chi connectivity index (χ0) is 20.1. The molecule has 28 heavy (non-hydrogen) atoms. The number of morpholine rings is 1. The van der Waals surface area contributed by atoms with E-state index in [9.17, 15) is 4.79 Å². The highest BCUT2D eigenvalue weighted by Crippen LogP contribution is 2.37. The van der Waals surface area contributed by atoms with Crippen LogP contribution in [0.2, 0.25) is 0 Å². The van der Waals surface area contributed by atoms with E-state index in [0.29, 0.717) is 48.3 Å². The average molecular weight is 386 g/mol. The molecule has 2 N–H and O–H groups in total. The van der Waals surface area contributed by atoms with Crippen molar-refractivity contribution in [1.82, 2.24) is 4.90 Å². The van der Waals surface area contributed by atoms with Crippen LogP contribution in [0.3, 0.4) is 0 Å². The Morgan fingerprint density at radius 1 is 1.14 bits per heavy atom. The minimum Gasteiger partial charge on any atom is -0.496 e. The molecule has 150 valence electrons. The molecule has 0 radical (unpaired) electrons. The summed E-state index contributed by atoms with van der Waals surface area (Å²) in [5, 5.41) is 0. The second kappa shape index (κ2) is 8.95. The third-order valence-corrected chi connectivity index (χ3v) is 4.77. The Kier molecular flexibility index (Phi) is 6.38. The number of amides is 1. The van der Waals surface area contributed by atoms with Crippen molar-refractivity contribution >= 4 is 5.91 Å². The van der Waals surface area contributed by atoms with Gasteiger partial charge in [-0.05, 0) is 37.3 Å². The van der Waals surface area contributed by atoms with E-state index < -0.39 is 0 Å². The minimum absolute atomic E-state index is 0.0231. The number of methoxy groups -OCH3 is 2. The van der Waals surface area contributed by atoms with Gasteiger partial charge in [0.2, 0.25) is 0 Å². The van der Waals surface area contributed by atoms with Crippen molar-refractivity contribution in [3.63, 3.8) is 0 Å². The lowest BCUT2D eigenvalue weighted by Gasteiger charge is -2.33. The van der Waals surface area contributed by atoms with Gasteiger partial charge in [0, 0.05) is 18.7 Å². The lowest BCUT2D eigenvalue weighted by atomic mass is 10.1. The number of nitrogens with zero attached hydrogens (tertiary/aromatic N) is 1. The molecule has 0 bridgehead atoms. The van der Waals surface area contributed by atoms with Crippen LogP contribution in [0.25, 0.3) is 0 Å². The molecular weight excluding hydrogens is 360 g/mol. The summed E-state index contributed by atoms with van der Waals surface area (Å²) in [5.74, 6) is 2.11. The molecule has 0 aliphatic carbocycles. The van der Waals surface area contributed by atoms with Gasteiger partial charge < -0.3 is 29.6 Å². The smallest absolute Gasteiger partial charge is 0.254 e. The fourth-order valence-electron chi connectivity index (χ4n) is 3.24. The van der Waals surface area contributed by atoms with Crippen LogP contribution in [0.15, 0.2) is 36.4 Å². The van der Waals surface area contributed by atoms with Gasteiger partial charge >= 0.3 is 0 Å². The number of rotatable bonds is 6. The van der Waals surface area contributed by atoms with E-state index >= 15 is 0 Å². The van der Waals surface area contributed by atoms with Crippen molar-refractivity contribution in [2.24, 2.45) is 5.73 Å². The largest absolute Gasteiger partial charge is 0.496 e. The molecule has 1 aliphatic rings. The molecule has 0 spiro atoms. The highest BCUT2D eigenvalue weighted by Gasteiger charge is 2.25. The summed E-state index contributed by atoms with van der Waals surface area (Å²) in [7, 11) is 3.14. The molecule has 7 heteroatoms. The third kappa shape index (κ3) is 4.05. The number of hydrogen-bond donors (Lipinski definition) is 1. The van der Waals surface area contributed by atoms with Crippen molar-refractivity contribution in [1.29, 1.82) is 0 Å². The Morgan fingerprint density at radius 3 is 2.57 bits per heavy atom. The van der Waals surface area contributed by atoms with E-state index in [-0.39, 0.29) is 18.5 Å². The standard InChI is InChI=1S/C21H26N2O5/c1-14-13-27-10-9-23(14)21(24)15-7-8-19(26-3)20(11-15)28-18-6-4-5-17(25-2)16(18)12-22/h4-8,11,14H,9-10,12-13,22H2,1-3H3/t14-/m1/s1. The molecule has 2 aromatic rings. The molecule has 1 fully saturated rings. The lowest BCUT2D eigenvalue weighted by molar-refractivity contribution is 0.00358. The number of hydrogen-bond acceptors (Lipinski definition) is 6. The van der Waals surface area contributed by atoms with Gasteiger partial charge in [-0.1, -0.05) is 6.07 Å². The lowest BCUT2D eigenvalue weighted by Crippen LogP contribution is -2.47. The van der Waals surface area contributed by atoms with E-state index in [1.54, 1.807) is 32.4 Å². The van der Waals surface area contributed by atoms with Gasteiger partial charge in [-0.3, -0.25) is 4.79 Å². The van der Waals surface area contributed by atoms with Crippen molar-refractivity contribution in [3.8, 4) is 23.0 Å². The summed E-state index contributed by atoms with van der Waals surface area (Å²) in [4.78, 5) is 14.8. The SMILES string of the molecule is COc1ccc(C(=O)N2CCOC[C@H]2C)cc1Oc1cccc(OC)c1CN. The van der Waals surface area contributed by atoms with Crippen LogP contribution in [0.4, 0.5) is 0 Å². The Morgan fingerprint density at radius 2 is 1.89 bits per heavy atom. The van der Waals surface area contributed by atoms with Crippen LogP contribution in [-0.4, -0.2) is 50.8 Å². The average Bonchev–Trinajstić information content (AvgIpc) is 2.73. The number of carbonyl (C=O) groups excluding carboxylic acids is 1. The van der Waals surface area contributed by atoms with E-state index in [0.717, 1.165) is 5.56 Å². The number of carbonyl (C=O) groups is 1. The zero-order valence-electron chi connectivity index (χ0n) is 16.4.